The SMILES string of the molecule is CC(=O)/C=C(/C)O.CC(=O)/C=C(/C)O.CC(C)c1ccc2nc(-c3[c-]ccc4c3oc3c(-c5ccc6cc(C(C)C)ccc6n5)[c-]ccc34)ccc2c1.[Pt].[Pt]. The number of rotatable bonds is 6. The summed E-state index contributed by atoms with van der Waals surface area (Å²) in [5.74, 6) is 0.833. The number of allylic oxidation sites excluding steroid dienone is 4. The van der Waals surface area contributed by atoms with Crippen molar-refractivity contribution in [2.24, 2.45) is 0 Å². The summed E-state index contributed by atoms with van der Waals surface area (Å²) >= 11 is 0. The molecule has 0 unspecified atom stereocenters. The molecule has 9 heteroatoms. The zero-order chi connectivity index (χ0) is 38.4. The maximum atomic E-state index is 10.0. The number of aliphatic hydroxyl groups excluding tert-OH is 2. The molecule has 0 aliphatic rings. The number of aliphatic hydroxyl groups is 2. The number of nitrogens with zero attached hydrogens (tertiary/aromatic N) is 2. The van der Waals surface area contributed by atoms with Crippen LogP contribution in [0.3, 0.4) is 0 Å². The van der Waals surface area contributed by atoms with Crippen molar-refractivity contribution in [1.29, 1.82) is 0 Å². The fourth-order valence-electron chi connectivity index (χ4n) is 5.96. The molecule has 7 aromatic rings. The van der Waals surface area contributed by atoms with Gasteiger partial charge in [-0.05, 0) is 97.1 Å². The third kappa shape index (κ3) is 11.2. The minimum Gasteiger partial charge on any atom is -0.545 e. The Kier molecular flexibility index (Phi) is 16.1. The first-order valence-corrected chi connectivity index (χ1v) is 17.6. The molecular formula is C46H44N2O5Pt2-2. The monoisotopic (exact) mass is 1090 g/mol. The van der Waals surface area contributed by atoms with E-state index >= 15 is 0 Å². The van der Waals surface area contributed by atoms with Crippen LogP contribution < -0.4 is 0 Å². The van der Waals surface area contributed by atoms with Gasteiger partial charge in [-0.25, -0.2) is 0 Å². The van der Waals surface area contributed by atoms with E-state index in [1.807, 2.05) is 12.1 Å². The topological polar surface area (TPSA) is 114 Å². The predicted octanol–water partition coefficient (Wildman–Crippen LogP) is 11.9. The molecule has 7 nitrogen and oxygen atoms in total. The van der Waals surface area contributed by atoms with Gasteiger partial charge < -0.3 is 14.6 Å². The Balaban J connectivity index is 0.000000436. The summed E-state index contributed by atoms with van der Waals surface area (Å²) in [6.45, 7) is 14.5. The molecular weight excluding hydrogens is 1050 g/mol. The zero-order valence-corrected chi connectivity index (χ0v) is 36.6. The van der Waals surface area contributed by atoms with Gasteiger partial charge in [0, 0.05) is 65.4 Å². The van der Waals surface area contributed by atoms with Crippen LogP contribution in [-0.4, -0.2) is 31.7 Å². The second-order valence-corrected chi connectivity index (χ2v) is 13.7. The first kappa shape index (κ1) is 44.7. The number of carbonyl (C=O) groups is 2. The molecule has 55 heavy (non-hydrogen) atoms. The quantitative estimate of drug-likeness (QED) is 0.0969. The van der Waals surface area contributed by atoms with E-state index in [9.17, 15) is 9.59 Å². The van der Waals surface area contributed by atoms with E-state index in [1.165, 1.54) is 51.0 Å². The number of pyridine rings is 2. The number of ketones is 2. The molecule has 0 spiro atoms. The number of benzene rings is 4. The Labute approximate surface area is 351 Å². The van der Waals surface area contributed by atoms with Crippen LogP contribution in [0.15, 0.2) is 113 Å². The summed E-state index contributed by atoms with van der Waals surface area (Å²) in [4.78, 5) is 30.0. The van der Waals surface area contributed by atoms with Crippen molar-refractivity contribution < 1.29 is 66.3 Å². The second-order valence-electron chi connectivity index (χ2n) is 13.7. The fourth-order valence-corrected chi connectivity index (χ4v) is 5.96. The molecule has 0 saturated heterocycles. The molecule has 0 atom stereocenters. The van der Waals surface area contributed by atoms with E-state index in [1.54, 1.807) is 0 Å². The number of furan rings is 1. The van der Waals surface area contributed by atoms with Crippen molar-refractivity contribution in [3.63, 3.8) is 0 Å². The molecule has 3 aromatic heterocycles. The third-order valence-electron chi connectivity index (χ3n) is 8.49. The molecule has 0 bridgehead atoms. The fraction of sp³-hybridized carbons (Fsp3) is 0.217. The molecule has 0 fully saturated rings. The molecule has 0 radical (unpaired) electrons. The van der Waals surface area contributed by atoms with Crippen LogP contribution in [0.25, 0.3) is 66.3 Å². The molecule has 2 N–H and O–H groups in total. The van der Waals surface area contributed by atoms with Crippen LogP contribution in [0, 0.1) is 12.1 Å². The normalized spacial score (nSPS) is 11.5. The van der Waals surface area contributed by atoms with Crippen molar-refractivity contribution in [3.8, 4) is 22.5 Å². The van der Waals surface area contributed by atoms with Gasteiger partial charge in [0.05, 0.1) is 22.6 Å². The van der Waals surface area contributed by atoms with E-state index in [0.29, 0.717) is 11.8 Å². The molecule has 4 aromatic carbocycles. The summed E-state index contributed by atoms with van der Waals surface area (Å²) in [6.07, 6.45) is 2.33. The molecule has 0 aliphatic carbocycles. The summed E-state index contributed by atoms with van der Waals surface area (Å²) < 4.78 is 6.61. The van der Waals surface area contributed by atoms with Gasteiger partial charge in [0.1, 0.15) is 0 Å². The standard InChI is InChI=1S/C36H28N2O.2C5H8O2.2Pt/c1-21(2)23-11-15-31-25(19-23)13-17-33(37-31)29-9-5-7-27-28-8-6-10-30(36(28)39-35(27)29)34-18-14-26-20-24(22(3)4)12-16-32(26)38-34;2*1-4(6)3-5(2)7;;/h5-8,11-22H,1-4H3;2*3,6H,1-2H3;;/q-2;;;;/b;2*4-3-;;. The van der Waals surface area contributed by atoms with Gasteiger partial charge in [-0.15, -0.1) is 36.4 Å². The summed E-state index contributed by atoms with van der Waals surface area (Å²) in [5.41, 5.74) is 9.53. The van der Waals surface area contributed by atoms with Crippen LogP contribution in [0.1, 0.15) is 78.4 Å². The number of carbonyl (C=O) groups excluding carboxylic acids is 2. The van der Waals surface area contributed by atoms with Gasteiger partial charge in [0.2, 0.25) is 0 Å². The molecule has 290 valence electrons. The first-order chi connectivity index (χ1) is 25.2. The smallest absolute Gasteiger partial charge is 0.155 e. The number of aromatic nitrogens is 2. The van der Waals surface area contributed by atoms with Crippen molar-refractivity contribution in [1.82, 2.24) is 9.97 Å². The van der Waals surface area contributed by atoms with Crippen molar-refractivity contribution >= 4 is 55.3 Å². The Bertz CT molecular complexity index is 2350. The Morgan fingerprint density at radius 1 is 0.600 bits per heavy atom. The molecule has 0 amide bonds. The maximum Gasteiger partial charge on any atom is 0.155 e. The van der Waals surface area contributed by atoms with Crippen molar-refractivity contribution in [3.05, 3.63) is 132 Å². The molecule has 0 saturated carbocycles. The van der Waals surface area contributed by atoms with Crippen molar-refractivity contribution in [2.45, 2.75) is 67.2 Å². The first-order valence-electron chi connectivity index (χ1n) is 17.6. The van der Waals surface area contributed by atoms with Crippen LogP contribution >= 0.6 is 0 Å². The van der Waals surface area contributed by atoms with E-state index in [0.717, 1.165) is 66.3 Å². The Morgan fingerprint density at radius 3 is 1.29 bits per heavy atom. The number of hydrogen-bond acceptors (Lipinski definition) is 7. The number of fused-ring (bicyclic) bond motifs is 5. The molecule has 3 heterocycles. The Morgan fingerprint density at radius 2 is 0.982 bits per heavy atom. The third-order valence-corrected chi connectivity index (χ3v) is 8.49. The van der Waals surface area contributed by atoms with Crippen LogP contribution in [-0.2, 0) is 51.7 Å². The largest absolute Gasteiger partial charge is 0.545 e. The van der Waals surface area contributed by atoms with Gasteiger partial charge in [-0.1, -0.05) is 86.0 Å². The van der Waals surface area contributed by atoms with Crippen LogP contribution in [0.5, 0.6) is 0 Å². The van der Waals surface area contributed by atoms with Gasteiger partial charge in [-0.3, -0.25) is 19.6 Å². The average Bonchev–Trinajstić information content (AvgIpc) is 3.49. The summed E-state index contributed by atoms with van der Waals surface area (Å²) in [5, 5.41) is 21.1. The van der Waals surface area contributed by atoms with E-state index < -0.39 is 0 Å². The van der Waals surface area contributed by atoms with Gasteiger partial charge >= 0.3 is 0 Å². The second kappa shape index (κ2) is 19.8. The predicted molar refractivity (Wildman–Crippen MR) is 215 cm³/mol. The van der Waals surface area contributed by atoms with Crippen molar-refractivity contribution in [2.75, 3.05) is 0 Å². The number of hydrogen-bond donors (Lipinski definition) is 2. The average molecular weight is 1100 g/mol. The minimum absolute atomic E-state index is 0. The molecule has 7 rings (SSSR count). The van der Waals surface area contributed by atoms with E-state index in [2.05, 4.69) is 113 Å². The van der Waals surface area contributed by atoms with E-state index in [-0.39, 0.29) is 65.2 Å². The summed E-state index contributed by atoms with van der Waals surface area (Å²) in [7, 11) is 0. The van der Waals surface area contributed by atoms with Gasteiger partial charge in [0.25, 0.3) is 0 Å². The molecule has 0 aliphatic heterocycles. The van der Waals surface area contributed by atoms with Gasteiger partial charge in [0.15, 0.2) is 11.6 Å². The van der Waals surface area contributed by atoms with Crippen LogP contribution in [0.4, 0.5) is 0 Å². The van der Waals surface area contributed by atoms with E-state index in [4.69, 9.17) is 24.6 Å². The minimum atomic E-state index is -0.125. The Hall–Kier alpha value is -4.70. The maximum absolute atomic E-state index is 10.0. The zero-order valence-electron chi connectivity index (χ0n) is 32.0. The summed E-state index contributed by atoms with van der Waals surface area (Å²) in [6, 6.07) is 36.2. The van der Waals surface area contributed by atoms with Crippen LogP contribution in [0.2, 0.25) is 0 Å². The van der Waals surface area contributed by atoms with Gasteiger partial charge in [-0.2, -0.15) is 0 Å².